The number of aromatic nitrogens is 1. The predicted octanol–water partition coefficient (Wildman–Crippen LogP) is 2.99. The number of nitrogens with one attached hydrogen (secondary N) is 1. The van der Waals surface area contributed by atoms with E-state index in [4.69, 9.17) is 0 Å². The van der Waals surface area contributed by atoms with Crippen molar-refractivity contribution in [3.8, 4) is 0 Å². The third kappa shape index (κ3) is 3.56. The lowest BCUT2D eigenvalue weighted by Crippen LogP contribution is -2.38. The zero-order valence-electron chi connectivity index (χ0n) is 9.79. The number of rotatable bonds is 5. The first-order valence-electron chi connectivity index (χ1n) is 5.33. The quantitative estimate of drug-likeness (QED) is 0.850. The van der Waals surface area contributed by atoms with Gasteiger partial charge >= 0.3 is 0 Å². The molecule has 0 saturated heterocycles. The maximum atomic E-state index is 12.0. The Balaban J connectivity index is 2.65. The van der Waals surface area contributed by atoms with E-state index in [-0.39, 0.29) is 11.9 Å². The minimum absolute atomic E-state index is 0.000324. The Hall–Kier alpha value is -0.420. The van der Waals surface area contributed by atoms with Crippen LogP contribution in [0.1, 0.15) is 35.6 Å². The average molecular weight is 305 g/mol. The van der Waals surface area contributed by atoms with E-state index in [0.717, 1.165) is 22.3 Å². The molecule has 0 aliphatic heterocycles. The highest BCUT2D eigenvalue weighted by Crippen LogP contribution is 2.14. The van der Waals surface area contributed by atoms with Crippen LogP contribution in [0.2, 0.25) is 0 Å². The minimum atomic E-state index is -0.000324. The van der Waals surface area contributed by atoms with Crippen molar-refractivity contribution in [3.63, 3.8) is 0 Å². The molecular weight excluding hydrogens is 288 g/mol. The van der Waals surface area contributed by atoms with Gasteiger partial charge in [-0.1, -0.05) is 29.8 Å². The Bertz CT molecular complexity index is 352. The molecule has 0 aliphatic rings. The van der Waals surface area contributed by atoms with Crippen molar-refractivity contribution < 1.29 is 4.79 Å². The first-order valence-corrected chi connectivity index (χ1v) is 7.33. The van der Waals surface area contributed by atoms with Crippen LogP contribution in [0.25, 0.3) is 0 Å². The van der Waals surface area contributed by atoms with Crippen LogP contribution in [0, 0.1) is 12.8 Å². The van der Waals surface area contributed by atoms with Crippen molar-refractivity contribution in [1.82, 2.24) is 10.3 Å². The largest absolute Gasteiger partial charge is 0.348 e. The van der Waals surface area contributed by atoms with Gasteiger partial charge in [0, 0.05) is 11.4 Å². The summed E-state index contributed by atoms with van der Waals surface area (Å²) in [4.78, 5) is 16.8. The van der Waals surface area contributed by atoms with E-state index in [1.165, 1.54) is 11.3 Å². The van der Waals surface area contributed by atoms with Crippen LogP contribution < -0.4 is 5.32 Å². The van der Waals surface area contributed by atoms with Gasteiger partial charge in [0.05, 0.1) is 11.2 Å². The maximum Gasteiger partial charge on any atom is 0.263 e. The molecule has 5 heteroatoms. The van der Waals surface area contributed by atoms with Crippen molar-refractivity contribution in [2.75, 3.05) is 5.33 Å². The normalized spacial score (nSPS) is 12.8. The summed E-state index contributed by atoms with van der Waals surface area (Å²) in [5.74, 6) is 0.439. The Morgan fingerprint density at radius 1 is 1.62 bits per heavy atom. The summed E-state index contributed by atoms with van der Waals surface area (Å²) in [5.41, 5.74) is 2.52. The summed E-state index contributed by atoms with van der Waals surface area (Å²) in [7, 11) is 0. The second-order valence-electron chi connectivity index (χ2n) is 4.07. The van der Waals surface area contributed by atoms with Crippen LogP contribution in [0.15, 0.2) is 5.51 Å². The van der Waals surface area contributed by atoms with E-state index < -0.39 is 0 Å². The Morgan fingerprint density at radius 2 is 2.31 bits per heavy atom. The minimum Gasteiger partial charge on any atom is -0.348 e. The number of amides is 1. The molecule has 3 nitrogen and oxygen atoms in total. The van der Waals surface area contributed by atoms with Gasteiger partial charge in [0.15, 0.2) is 0 Å². The lowest BCUT2D eigenvalue weighted by molar-refractivity contribution is 0.0928. The summed E-state index contributed by atoms with van der Waals surface area (Å²) < 4.78 is 0. The summed E-state index contributed by atoms with van der Waals surface area (Å²) >= 11 is 4.80. The van der Waals surface area contributed by atoms with Crippen molar-refractivity contribution in [2.24, 2.45) is 5.92 Å². The fourth-order valence-electron chi connectivity index (χ4n) is 1.44. The molecule has 1 N–H and O–H groups in total. The van der Waals surface area contributed by atoms with Gasteiger partial charge < -0.3 is 5.32 Å². The van der Waals surface area contributed by atoms with E-state index >= 15 is 0 Å². The second-order valence-corrected chi connectivity index (χ2v) is 5.72. The van der Waals surface area contributed by atoms with Gasteiger partial charge in [0.25, 0.3) is 5.91 Å². The number of alkyl halides is 1. The van der Waals surface area contributed by atoms with Gasteiger partial charge in [-0.05, 0) is 19.3 Å². The van der Waals surface area contributed by atoms with Crippen LogP contribution in [0.4, 0.5) is 0 Å². The third-order valence-corrected chi connectivity index (χ3v) is 3.88. The number of hydrogen-bond acceptors (Lipinski definition) is 3. The number of aryl methyl sites for hydroxylation is 1. The molecule has 1 amide bonds. The van der Waals surface area contributed by atoms with Crippen molar-refractivity contribution >= 4 is 33.2 Å². The van der Waals surface area contributed by atoms with Crippen LogP contribution in [0.5, 0.6) is 0 Å². The summed E-state index contributed by atoms with van der Waals surface area (Å²) in [6.07, 6.45) is 0.946. The lowest BCUT2D eigenvalue weighted by atomic mass is 10.0. The fraction of sp³-hybridized carbons (Fsp3) is 0.636. The maximum absolute atomic E-state index is 12.0. The molecular formula is C11H17BrN2OS. The Morgan fingerprint density at radius 3 is 2.75 bits per heavy atom. The second kappa shape index (κ2) is 6.35. The molecule has 0 spiro atoms. The van der Waals surface area contributed by atoms with Crippen molar-refractivity contribution in [3.05, 3.63) is 16.1 Å². The number of carbonyl (C=O) groups excluding carboxylic acids is 1. The number of thiazole rings is 1. The summed E-state index contributed by atoms with van der Waals surface area (Å²) in [6.45, 7) is 6.10. The highest BCUT2D eigenvalue weighted by atomic mass is 79.9. The zero-order valence-corrected chi connectivity index (χ0v) is 12.2. The van der Waals surface area contributed by atoms with E-state index in [1.54, 1.807) is 5.51 Å². The van der Waals surface area contributed by atoms with E-state index in [0.29, 0.717) is 5.92 Å². The number of hydrogen-bond donors (Lipinski definition) is 1. The Kier molecular flexibility index (Phi) is 5.41. The van der Waals surface area contributed by atoms with Crippen LogP contribution in [-0.4, -0.2) is 22.3 Å². The molecule has 0 saturated carbocycles. The molecule has 0 aliphatic carbocycles. The van der Waals surface area contributed by atoms with Gasteiger partial charge in [0.2, 0.25) is 0 Å². The van der Waals surface area contributed by atoms with E-state index in [2.05, 4.69) is 40.1 Å². The molecule has 0 bridgehead atoms. The number of nitrogens with zero attached hydrogens (tertiary/aromatic N) is 1. The summed E-state index contributed by atoms with van der Waals surface area (Å²) in [5, 5.41) is 3.96. The smallest absolute Gasteiger partial charge is 0.263 e. The van der Waals surface area contributed by atoms with Crippen LogP contribution in [-0.2, 0) is 0 Å². The predicted molar refractivity (Wildman–Crippen MR) is 71.4 cm³/mol. The first kappa shape index (κ1) is 13.6. The Labute approximate surface area is 109 Å². The van der Waals surface area contributed by atoms with Gasteiger partial charge in [-0.2, -0.15) is 0 Å². The lowest BCUT2D eigenvalue weighted by Gasteiger charge is -2.21. The number of halogens is 1. The standard InChI is InChI=1S/C11H17BrN2OS/c1-7(2)9(4-5-12)14-11(15)10-8(3)13-6-16-10/h6-7,9H,4-5H2,1-3H3,(H,14,15). The van der Waals surface area contributed by atoms with Crippen LogP contribution in [0.3, 0.4) is 0 Å². The molecule has 1 atom stereocenters. The van der Waals surface area contributed by atoms with Crippen LogP contribution >= 0.6 is 27.3 Å². The first-order chi connectivity index (χ1) is 7.56. The molecule has 1 heterocycles. The summed E-state index contributed by atoms with van der Waals surface area (Å²) in [6, 6.07) is 0.216. The molecule has 1 unspecified atom stereocenters. The zero-order chi connectivity index (χ0) is 12.1. The van der Waals surface area contributed by atoms with Gasteiger partial charge in [-0.25, -0.2) is 4.98 Å². The molecule has 90 valence electrons. The van der Waals surface area contributed by atoms with Crippen molar-refractivity contribution in [2.45, 2.75) is 33.2 Å². The fourth-order valence-corrected chi connectivity index (χ4v) is 2.64. The third-order valence-electron chi connectivity index (χ3n) is 2.49. The highest BCUT2D eigenvalue weighted by molar-refractivity contribution is 9.09. The van der Waals surface area contributed by atoms with Gasteiger partial charge in [-0.3, -0.25) is 4.79 Å². The highest BCUT2D eigenvalue weighted by Gasteiger charge is 2.18. The molecule has 1 rings (SSSR count). The molecule has 1 aromatic rings. The van der Waals surface area contributed by atoms with Crippen molar-refractivity contribution in [1.29, 1.82) is 0 Å². The molecule has 0 radical (unpaired) electrons. The monoisotopic (exact) mass is 304 g/mol. The molecule has 0 aromatic carbocycles. The topological polar surface area (TPSA) is 42.0 Å². The SMILES string of the molecule is Cc1ncsc1C(=O)NC(CCBr)C(C)C. The van der Waals surface area contributed by atoms with Gasteiger partial charge in [-0.15, -0.1) is 11.3 Å². The molecule has 0 fully saturated rings. The average Bonchev–Trinajstić information content (AvgIpc) is 2.63. The number of carbonyl (C=O) groups is 1. The molecule has 1 aromatic heterocycles. The van der Waals surface area contributed by atoms with E-state index in [1.807, 2.05) is 6.92 Å². The van der Waals surface area contributed by atoms with Gasteiger partial charge in [0.1, 0.15) is 4.88 Å². The molecule has 16 heavy (non-hydrogen) atoms. The van der Waals surface area contributed by atoms with E-state index in [9.17, 15) is 4.79 Å².